The van der Waals surface area contributed by atoms with Gasteiger partial charge in [-0.3, -0.25) is 10.1 Å². The first-order valence-corrected chi connectivity index (χ1v) is 13.2. The predicted octanol–water partition coefficient (Wildman–Crippen LogP) is 7.41. The first kappa shape index (κ1) is 26.4. The fourth-order valence-corrected chi connectivity index (χ4v) is 5.79. The monoisotopic (exact) mass is 517 g/mol. The number of aliphatic imine (C=N–C) groups is 1. The Kier molecular flexibility index (Phi) is 7.94. The Bertz CT molecular complexity index is 1360. The van der Waals surface area contributed by atoms with Crippen LogP contribution in [0.4, 0.5) is 10.7 Å². The zero-order valence-corrected chi connectivity index (χ0v) is 22.4. The molecule has 0 radical (unpaired) electrons. The van der Waals surface area contributed by atoms with E-state index in [1.165, 1.54) is 22.6 Å². The topological polar surface area (TPSA) is 97.8 Å². The number of hydrogen-bond acceptors (Lipinski definition) is 7. The number of nitro benzene ring substituents is 1. The fraction of sp³-hybridized carbons (Fsp3) is 0.379. The molecule has 4 rings (SSSR count). The average Bonchev–Trinajstić information content (AvgIpc) is 3.23. The Balaban J connectivity index is 1.53. The lowest BCUT2D eigenvalue weighted by Gasteiger charge is -2.33. The van der Waals surface area contributed by atoms with Crippen LogP contribution in [0.1, 0.15) is 61.2 Å². The number of benzene rings is 2. The van der Waals surface area contributed by atoms with Gasteiger partial charge in [0.2, 0.25) is 0 Å². The van der Waals surface area contributed by atoms with Gasteiger partial charge in [-0.2, -0.15) is 5.26 Å². The van der Waals surface area contributed by atoms with E-state index in [1.807, 2.05) is 25.1 Å². The molecule has 1 heterocycles. The second-order valence-electron chi connectivity index (χ2n) is 10.2. The van der Waals surface area contributed by atoms with Crippen LogP contribution in [-0.4, -0.2) is 17.7 Å². The molecule has 0 amide bonds. The number of nitriles is 1. The van der Waals surface area contributed by atoms with Gasteiger partial charge in [0.15, 0.2) is 11.5 Å². The maximum Gasteiger partial charge on any atom is 0.269 e. The molecule has 1 aliphatic carbocycles. The van der Waals surface area contributed by atoms with Crippen molar-refractivity contribution in [1.29, 1.82) is 5.26 Å². The van der Waals surface area contributed by atoms with E-state index in [0.29, 0.717) is 35.2 Å². The molecule has 0 N–H and O–H groups in total. The first-order chi connectivity index (χ1) is 17.7. The Labute approximate surface area is 221 Å². The third kappa shape index (κ3) is 6.17. The van der Waals surface area contributed by atoms with Crippen LogP contribution in [-0.2, 0) is 19.4 Å². The molecule has 1 atom stereocenters. The number of rotatable bonds is 8. The van der Waals surface area contributed by atoms with E-state index in [-0.39, 0.29) is 17.7 Å². The lowest BCUT2D eigenvalue weighted by Crippen LogP contribution is -2.26. The van der Waals surface area contributed by atoms with Gasteiger partial charge in [-0.15, -0.1) is 11.3 Å². The molecule has 0 saturated carbocycles. The zero-order valence-electron chi connectivity index (χ0n) is 21.6. The van der Waals surface area contributed by atoms with Gasteiger partial charge in [-0.05, 0) is 72.4 Å². The van der Waals surface area contributed by atoms with Crippen LogP contribution in [0.2, 0.25) is 0 Å². The lowest BCUT2D eigenvalue weighted by atomic mass is 9.72. The van der Waals surface area contributed by atoms with Gasteiger partial charge < -0.3 is 9.47 Å². The van der Waals surface area contributed by atoms with Gasteiger partial charge in [0, 0.05) is 23.2 Å². The molecule has 192 valence electrons. The molecule has 0 aliphatic heterocycles. The molecule has 1 aliphatic rings. The fourth-order valence-electron chi connectivity index (χ4n) is 4.56. The minimum Gasteiger partial charge on any atom is -0.490 e. The van der Waals surface area contributed by atoms with E-state index < -0.39 is 4.92 Å². The van der Waals surface area contributed by atoms with Gasteiger partial charge in [0.1, 0.15) is 17.7 Å². The van der Waals surface area contributed by atoms with E-state index in [0.717, 1.165) is 29.8 Å². The summed E-state index contributed by atoms with van der Waals surface area (Å²) in [6.07, 6.45) is 4.78. The molecule has 0 unspecified atom stereocenters. The smallest absolute Gasteiger partial charge is 0.269 e. The van der Waals surface area contributed by atoms with E-state index in [2.05, 4.69) is 26.8 Å². The van der Waals surface area contributed by atoms with E-state index in [1.54, 1.807) is 29.7 Å². The molecule has 1 aromatic heterocycles. The first-order valence-electron chi connectivity index (χ1n) is 12.4. The zero-order chi connectivity index (χ0) is 26.6. The van der Waals surface area contributed by atoms with Crippen molar-refractivity contribution in [1.82, 2.24) is 0 Å². The second kappa shape index (κ2) is 11.1. The maximum absolute atomic E-state index is 11.0. The Hall–Kier alpha value is -3.70. The van der Waals surface area contributed by atoms with Gasteiger partial charge in [-0.25, -0.2) is 4.99 Å². The summed E-state index contributed by atoms with van der Waals surface area (Å²) in [6, 6.07) is 14.3. The van der Waals surface area contributed by atoms with E-state index in [4.69, 9.17) is 14.5 Å². The minimum absolute atomic E-state index is 0.0265. The number of nitro groups is 1. The van der Waals surface area contributed by atoms with Gasteiger partial charge in [-0.1, -0.05) is 32.9 Å². The van der Waals surface area contributed by atoms with Crippen molar-refractivity contribution < 1.29 is 14.4 Å². The normalized spacial score (nSPS) is 15.3. The van der Waals surface area contributed by atoms with Crippen molar-refractivity contribution in [3.8, 4) is 17.6 Å². The number of thiophene rings is 1. The molecule has 3 aromatic rings. The molecular weight excluding hydrogens is 486 g/mol. The van der Waals surface area contributed by atoms with Crippen LogP contribution >= 0.6 is 11.3 Å². The highest BCUT2D eigenvalue weighted by atomic mass is 32.1. The van der Waals surface area contributed by atoms with Crippen molar-refractivity contribution >= 4 is 28.2 Å². The Morgan fingerprint density at radius 1 is 1.22 bits per heavy atom. The second-order valence-corrected chi connectivity index (χ2v) is 11.3. The van der Waals surface area contributed by atoms with Crippen molar-refractivity contribution in [2.75, 3.05) is 6.61 Å². The van der Waals surface area contributed by atoms with Gasteiger partial charge >= 0.3 is 0 Å². The third-order valence-electron chi connectivity index (χ3n) is 6.70. The van der Waals surface area contributed by atoms with E-state index in [9.17, 15) is 15.4 Å². The number of non-ortho nitro benzene ring substituents is 1. The van der Waals surface area contributed by atoms with Crippen molar-refractivity contribution in [2.24, 2.45) is 16.3 Å². The largest absolute Gasteiger partial charge is 0.490 e. The van der Waals surface area contributed by atoms with Crippen molar-refractivity contribution in [3.05, 3.63) is 79.7 Å². The van der Waals surface area contributed by atoms with Crippen LogP contribution < -0.4 is 9.47 Å². The molecule has 0 spiro atoms. The van der Waals surface area contributed by atoms with Gasteiger partial charge in [0.05, 0.1) is 17.1 Å². The highest BCUT2D eigenvalue weighted by molar-refractivity contribution is 7.16. The molecule has 8 heteroatoms. The van der Waals surface area contributed by atoms with Crippen LogP contribution in [0.15, 0.2) is 47.5 Å². The Morgan fingerprint density at radius 2 is 2.03 bits per heavy atom. The summed E-state index contributed by atoms with van der Waals surface area (Å²) in [6.45, 7) is 9.38. The molecule has 0 bridgehead atoms. The predicted molar refractivity (Wildman–Crippen MR) is 146 cm³/mol. The quantitative estimate of drug-likeness (QED) is 0.176. The van der Waals surface area contributed by atoms with Crippen LogP contribution in [0.25, 0.3) is 0 Å². The molecule has 7 nitrogen and oxygen atoms in total. The maximum atomic E-state index is 11.0. The summed E-state index contributed by atoms with van der Waals surface area (Å²) in [5.74, 6) is 1.71. The third-order valence-corrected chi connectivity index (χ3v) is 7.86. The van der Waals surface area contributed by atoms with Crippen LogP contribution in [0.3, 0.4) is 0 Å². The van der Waals surface area contributed by atoms with Crippen molar-refractivity contribution in [3.63, 3.8) is 0 Å². The number of hydrogen-bond donors (Lipinski definition) is 0. The highest BCUT2D eigenvalue weighted by Gasteiger charge is 2.32. The summed E-state index contributed by atoms with van der Waals surface area (Å²) in [5.41, 5.74) is 3.66. The lowest BCUT2D eigenvalue weighted by molar-refractivity contribution is -0.384. The number of ether oxygens (including phenoxy) is 2. The molecule has 2 aromatic carbocycles. The standard InChI is InChI=1S/C29H31N3O4S/c1-5-35-26-14-19(9-12-25(26)36-18-20-7-6-8-22(13-20)32(33)34)17-31-28-24(16-30)23-11-10-21(29(2,3)4)15-27(23)37-28/h6-9,12-14,17,21H,5,10-11,15,18H2,1-4H3/t21-/m0/s1. The molecule has 37 heavy (non-hydrogen) atoms. The van der Waals surface area contributed by atoms with Crippen LogP contribution in [0, 0.1) is 32.8 Å². The van der Waals surface area contributed by atoms with Crippen molar-refractivity contribution in [2.45, 2.75) is 53.6 Å². The summed E-state index contributed by atoms with van der Waals surface area (Å²) >= 11 is 1.63. The van der Waals surface area contributed by atoms with Crippen LogP contribution in [0.5, 0.6) is 11.5 Å². The molecular formula is C29H31N3O4S. The molecule has 0 saturated heterocycles. The highest BCUT2D eigenvalue weighted by Crippen LogP contribution is 2.45. The van der Waals surface area contributed by atoms with E-state index >= 15 is 0 Å². The summed E-state index contributed by atoms with van der Waals surface area (Å²) in [7, 11) is 0. The summed E-state index contributed by atoms with van der Waals surface area (Å²) in [4.78, 5) is 16.6. The number of fused-ring (bicyclic) bond motifs is 1. The summed E-state index contributed by atoms with van der Waals surface area (Å²) in [5, 5.41) is 21.6. The average molecular weight is 518 g/mol. The Morgan fingerprint density at radius 3 is 2.73 bits per heavy atom. The van der Waals surface area contributed by atoms with Gasteiger partial charge in [0.25, 0.3) is 5.69 Å². The SMILES string of the molecule is CCOc1cc(C=Nc2sc3c(c2C#N)CC[C@H](C(C)(C)C)C3)ccc1OCc1cccc([N+](=O)[O-])c1. The summed E-state index contributed by atoms with van der Waals surface area (Å²) < 4.78 is 11.7. The molecule has 0 fully saturated rings. The minimum atomic E-state index is -0.423. The number of nitrogens with zero attached hydrogens (tertiary/aromatic N) is 3.